The largest absolute Gasteiger partial charge is 0.324 e. The predicted molar refractivity (Wildman–Crippen MR) is 157 cm³/mol. The van der Waals surface area contributed by atoms with Crippen LogP contribution >= 0.6 is 0 Å². The van der Waals surface area contributed by atoms with Crippen LogP contribution in [0.15, 0.2) is 72.1 Å². The van der Waals surface area contributed by atoms with E-state index in [9.17, 15) is 26.4 Å². The van der Waals surface area contributed by atoms with Gasteiger partial charge in [-0.25, -0.2) is 26.0 Å². The van der Waals surface area contributed by atoms with Crippen LogP contribution in [0.25, 0.3) is 0 Å². The van der Waals surface area contributed by atoms with E-state index in [2.05, 4.69) is 20.7 Å². The van der Waals surface area contributed by atoms with E-state index in [0.717, 1.165) is 18.3 Å². The maximum absolute atomic E-state index is 15.3. The SMILES string of the molecule is Cn1ccc(S(=O)(=O)N2CCNC[C@]23C[C@H]3Cc2c(F)cncc2NC(=O)C[C@@H](c2ccc(F)cc2)c2cc(F)cc(F)c2)n1. The van der Waals surface area contributed by atoms with Gasteiger partial charge in [0.05, 0.1) is 23.6 Å². The highest BCUT2D eigenvalue weighted by Gasteiger charge is 2.62. The van der Waals surface area contributed by atoms with Gasteiger partial charge in [-0.15, -0.1) is 0 Å². The summed E-state index contributed by atoms with van der Waals surface area (Å²) >= 11 is 0. The number of sulfonamides is 1. The van der Waals surface area contributed by atoms with E-state index in [1.807, 2.05) is 0 Å². The van der Waals surface area contributed by atoms with Gasteiger partial charge in [0.1, 0.15) is 23.3 Å². The highest BCUT2D eigenvalue weighted by Crippen LogP contribution is 2.53. The molecule has 45 heavy (non-hydrogen) atoms. The second kappa shape index (κ2) is 12.0. The minimum atomic E-state index is -3.92. The summed E-state index contributed by atoms with van der Waals surface area (Å²) in [4.78, 5) is 17.3. The van der Waals surface area contributed by atoms with E-state index in [1.54, 1.807) is 13.2 Å². The fourth-order valence-corrected chi connectivity index (χ4v) is 8.05. The van der Waals surface area contributed by atoms with Gasteiger partial charge in [-0.2, -0.15) is 9.40 Å². The molecule has 14 heteroatoms. The summed E-state index contributed by atoms with van der Waals surface area (Å²) in [6.07, 6.45) is 4.19. The first-order valence-corrected chi connectivity index (χ1v) is 15.8. The molecule has 4 aromatic rings. The number of carbonyl (C=O) groups is 1. The molecule has 1 amide bonds. The summed E-state index contributed by atoms with van der Waals surface area (Å²) in [6, 6.07) is 9.60. The fraction of sp³-hybridized carbons (Fsp3) is 0.323. The topological polar surface area (TPSA) is 109 Å². The number of rotatable bonds is 9. The summed E-state index contributed by atoms with van der Waals surface area (Å²) in [5.41, 5.74) is 0.101. The first kappa shape index (κ1) is 30.9. The zero-order chi connectivity index (χ0) is 31.9. The number of aromatic nitrogens is 3. The van der Waals surface area contributed by atoms with Crippen molar-refractivity contribution in [2.24, 2.45) is 13.0 Å². The number of piperazine rings is 1. The molecule has 2 aliphatic rings. The number of nitrogens with one attached hydrogen (secondary N) is 2. The highest BCUT2D eigenvalue weighted by molar-refractivity contribution is 7.89. The van der Waals surface area contributed by atoms with E-state index < -0.39 is 50.7 Å². The van der Waals surface area contributed by atoms with E-state index in [-0.39, 0.29) is 47.1 Å². The van der Waals surface area contributed by atoms with Crippen LogP contribution in [0.5, 0.6) is 0 Å². The summed E-state index contributed by atoms with van der Waals surface area (Å²) < 4.78 is 87.1. The fourth-order valence-electron chi connectivity index (χ4n) is 6.26. The molecular formula is C31H30F4N6O3S. The van der Waals surface area contributed by atoms with Crippen LogP contribution in [0, 0.1) is 29.2 Å². The third kappa shape index (κ3) is 6.22. The zero-order valence-electron chi connectivity index (χ0n) is 24.2. The molecule has 1 aliphatic heterocycles. The Kier molecular flexibility index (Phi) is 8.22. The second-order valence-corrected chi connectivity index (χ2v) is 13.3. The maximum atomic E-state index is 15.3. The Morgan fingerprint density at radius 2 is 1.78 bits per heavy atom. The standard InChI is InChI=1S/C31H30F4N6O3S/c1-40-8-6-30(39-40)45(43,44)41-9-7-36-18-31(41)15-21(31)12-26-27(35)16-37-17-28(26)38-29(42)14-25(19-2-4-22(32)5-3-19)20-10-23(33)13-24(34)11-20/h2-6,8,10-11,13,16-17,21,25,36H,7,9,12,14-15,18H2,1H3,(H,38,42)/t21-,25+,31+/m1/s1. The smallest absolute Gasteiger partial charge is 0.262 e. The zero-order valence-corrected chi connectivity index (χ0v) is 25.0. The number of aryl methyl sites for hydroxylation is 1. The molecule has 6 rings (SSSR count). The number of carbonyl (C=O) groups excluding carboxylic acids is 1. The van der Waals surface area contributed by atoms with Crippen LogP contribution in [0.2, 0.25) is 0 Å². The van der Waals surface area contributed by atoms with Gasteiger partial charge in [0.2, 0.25) is 5.91 Å². The van der Waals surface area contributed by atoms with Gasteiger partial charge < -0.3 is 10.6 Å². The average Bonchev–Trinajstić information content (AvgIpc) is 3.44. The molecule has 1 saturated carbocycles. The monoisotopic (exact) mass is 642 g/mol. The van der Waals surface area contributed by atoms with Gasteiger partial charge in [-0.05, 0) is 60.2 Å². The first-order valence-electron chi connectivity index (χ1n) is 14.3. The molecule has 9 nitrogen and oxygen atoms in total. The average molecular weight is 643 g/mol. The molecule has 3 atom stereocenters. The molecule has 0 radical (unpaired) electrons. The molecule has 2 N–H and O–H groups in total. The van der Waals surface area contributed by atoms with E-state index in [4.69, 9.17) is 0 Å². The Morgan fingerprint density at radius 3 is 2.47 bits per heavy atom. The van der Waals surface area contributed by atoms with Gasteiger partial charge in [-0.3, -0.25) is 14.5 Å². The number of halogens is 4. The number of hydrogen-bond acceptors (Lipinski definition) is 6. The predicted octanol–water partition coefficient (Wildman–Crippen LogP) is 4.13. The van der Waals surface area contributed by atoms with E-state index in [0.29, 0.717) is 31.1 Å². The van der Waals surface area contributed by atoms with Crippen molar-refractivity contribution in [1.82, 2.24) is 24.4 Å². The summed E-state index contributed by atoms with van der Waals surface area (Å²) in [5, 5.41) is 9.98. The maximum Gasteiger partial charge on any atom is 0.262 e. The molecule has 2 aromatic heterocycles. The Balaban J connectivity index is 1.23. The molecule has 236 valence electrons. The van der Waals surface area contributed by atoms with Crippen molar-refractivity contribution in [1.29, 1.82) is 0 Å². The summed E-state index contributed by atoms with van der Waals surface area (Å²) in [5.74, 6) is -4.54. The quantitative estimate of drug-likeness (QED) is 0.266. The molecule has 1 spiro atoms. The minimum absolute atomic E-state index is 0.0612. The van der Waals surface area contributed by atoms with Crippen molar-refractivity contribution in [3.05, 3.63) is 107 Å². The van der Waals surface area contributed by atoms with E-state index >= 15 is 4.39 Å². The van der Waals surface area contributed by atoms with Crippen LogP contribution in [-0.4, -0.2) is 58.6 Å². The van der Waals surface area contributed by atoms with Gasteiger partial charge >= 0.3 is 0 Å². The van der Waals surface area contributed by atoms with Gasteiger partial charge in [0, 0.05) is 56.8 Å². The Morgan fingerprint density at radius 1 is 1.04 bits per heavy atom. The van der Waals surface area contributed by atoms with Crippen molar-refractivity contribution in [2.75, 3.05) is 25.0 Å². The normalized spacial score (nSPS) is 20.7. The molecule has 0 unspecified atom stereocenters. The molecule has 2 fully saturated rings. The van der Waals surface area contributed by atoms with Crippen molar-refractivity contribution >= 4 is 21.6 Å². The van der Waals surface area contributed by atoms with Crippen molar-refractivity contribution < 1.29 is 30.8 Å². The van der Waals surface area contributed by atoms with E-state index in [1.165, 1.54) is 45.5 Å². The van der Waals surface area contributed by atoms with Crippen molar-refractivity contribution in [3.8, 4) is 0 Å². The third-order valence-corrected chi connectivity index (χ3v) is 10.4. The van der Waals surface area contributed by atoms with Gasteiger partial charge in [-0.1, -0.05) is 12.1 Å². The van der Waals surface area contributed by atoms with Crippen LogP contribution < -0.4 is 10.6 Å². The van der Waals surface area contributed by atoms with Crippen LogP contribution in [-0.2, 0) is 28.3 Å². The Bertz CT molecular complexity index is 1830. The second-order valence-electron chi connectivity index (χ2n) is 11.5. The molecule has 2 aromatic carbocycles. The number of anilines is 1. The minimum Gasteiger partial charge on any atom is -0.324 e. The van der Waals surface area contributed by atoms with Crippen molar-refractivity contribution in [3.63, 3.8) is 0 Å². The lowest BCUT2D eigenvalue weighted by atomic mass is 9.88. The Labute approximate surface area is 257 Å². The number of amides is 1. The lowest BCUT2D eigenvalue weighted by Crippen LogP contribution is -2.56. The number of pyridine rings is 1. The highest BCUT2D eigenvalue weighted by atomic mass is 32.2. The lowest BCUT2D eigenvalue weighted by Gasteiger charge is -2.36. The first-order chi connectivity index (χ1) is 21.5. The molecule has 0 bridgehead atoms. The number of benzene rings is 2. The molecule has 3 heterocycles. The molecule has 1 aliphatic carbocycles. The van der Waals surface area contributed by atoms with Crippen LogP contribution in [0.4, 0.5) is 23.2 Å². The van der Waals surface area contributed by atoms with Crippen LogP contribution in [0.3, 0.4) is 0 Å². The molecule has 1 saturated heterocycles. The van der Waals surface area contributed by atoms with Gasteiger partial charge in [0.25, 0.3) is 10.0 Å². The number of nitrogens with zero attached hydrogens (tertiary/aromatic N) is 4. The molecular weight excluding hydrogens is 612 g/mol. The van der Waals surface area contributed by atoms with Gasteiger partial charge in [0.15, 0.2) is 5.03 Å². The number of hydrogen-bond donors (Lipinski definition) is 2. The van der Waals surface area contributed by atoms with Crippen LogP contribution in [0.1, 0.15) is 35.4 Å². The lowest BCUT2D eigenvalue weighted by molar-refractivity contribution is -0.116. The Hall–Kier alpha value is -4.14. The third-order valence-electron chi connectivity index (χ3n) is 8.54. The van der Waals surface area contributed by atoms with Crippen molar-refractivity contribution in [2.45, 2.75) is 35.7 Å². The summed E-state index contributed by atoms with van der Waals surface area (Å²) in [7, 11) is -2.29. The summed E-state index contributed by atoms with van der Waals surface area (Å²) in [6.45, 7) is 1.06.